The average molecular weight is 114 g/mol. The van der Waals surface area contributed by atoms with E-state index in [1.807, 2.05) is 26.0 Å². The van der Waals surface area contributed by atoms with Gasteiger partial charge < -0.3 is 0 Å². The van der Waals surface area contributed by atoms with Crippen LogP contribution < -0.4 is 5.84 Å². The summed E-state index contributed by atoms with van der Waals surface area (Å²) in [6.45, 7) is 5.78. The van der Waals surface area contributed by atoms with Crippen molar-refractivity contribution in [1.29, 1.82) is 0 Å². The lowest BCUT2D eigenvalue weighted by molar-refractivity contribution is 0.333. The molecule has 0 unspecified atom stereocenters. The van der Waals surface area contributed by atoms with Gasteiger partial charge in [0.15, 0.2) is 0 Å². The predicted molar refractivity (Wildman–Crippen MR) is 36.2 cm³/mol. The smallest absolute Gasteiger partial charge is 0.0309 e. The number of hydrogen-bond donors (Lipinski definition) is 1. The normalized spacial score (nSPS) is 11.5. The second-order valence-electron chi connectivity index (χ2n) is 1.66. The summed E-state index contributed by atoms with van der Waals surface area (Å²) in [4.78, 5) is 0. The third-order valence-electron chi connectivity index (χ3n) is 0.982. The van der Waals surface area contributed by atoms with Crippen LogP contribution >= 0.6 is 0 Å². The molecular formula is C6H14N2. The Morgan fingerprint density at radius 1 is 1.62 bits per heavy atom. The Morgan fingerprint density at radius 3 is 2.62 bits per heavy atom. The fourth-order valence-corrected chi connectivity index (χ4v) is 0.370. The number of likely N-dealkylation sites (N-methyl/N-ethyl adjacent to an activating group) is 1. The Hall–Kier alpha value is -0.340. The van der Waals surface area contributed by atoms with Gasteiger partial charge >= 0.3 is 0 Å². The largest absolute Gasteiger partial charge is 0.269 e. The van der Waals surface area contributed by atoms with Gasteiger partial charge in [-0.2, -0.15) is 0 Å². The zero-order valence-electron chi connectivity index (χ0n) is 5.59. The third kappa shape index (κ3) is 3.84. The van der Waals surface area contributed by atoms with Crippen molar-refractivity contribution in [2.75, 3.05) is 13.1 Å². The van der Waals surface area contributed by atoms with Crippen LogP contribution in [0.3, 0.4) is 0 Å². The Bertz CT molecular complexity index is 68.9. The van der Waals surface area contributed by atoms with Crippen LogP contribution in [0.4, 0.5) is 0 Å². The van der Waals surface area contributed by atoms with E-state index in [9.17, 15) is 0 Å². The minimum absolute atomic E-state index is 0.854. The van der Waals surface area contributed by atoms with Gasteiger partial charge in [0, 0.05) is 13.1 Å². The van der Waals surface area contributed by atoms with Gasteiger partial charge in [-0.15, -0.1) is 0 Å². The minimum Gasteiger partial charge on any atom is -0.269 e. The molecule has 0 aromatic carbocycles. The lowest BCUT2D eigenvalue weighted by Crippen LogP contribution is -2.30. The molecule has 0 bridgehead atoms. The van der Waals surface area contributed by atoms with Crippen LogP contribution in [0.5, 0.6) is 0 Å². The molecule has 0 saturated heterocycles. The number of rotatable bonds is 3. The summed E-state index contributed by atoms with van der Waals surface area (Å²) >= 11 is 0. The lowest BCUT2D eigenvalue weighted by atomic mass is 10.5. The molecule has 0 atom stereocenters. The van der Waals surface area contributed by atoms with E-state index in [1.54, 1.807) is 5.01 Å². The molecule has 0 rings (SSSR count). The van der Waals surface area contributed by atoms with Crippen molar-refractivity contribution in [1.82, 2.24) is 5.01 Å². The average Bonchev–Trinajstić information content (AvgIpc) is 1.83. The number of hydrogen-bond acceptors (Lipinski definition) is 2. The Labute approximate surface area is 50.9 Å². The molecular weight excluding hydrogens is 100 g/mol. The van der Waals surface area contributed by atoms with Crippen molar-refractivity contribution < 1.29 is 0 Å². The van der Waals surface area contributed by atoms with Crippen LogP contribution in [0.2, 0.25) is 0 Å². The Morgan fingerprint density at radius 2 is 2.25 bits per heavy atom. The van der Waals surface area contributed by atoms with Crippen molar-refractivity contribution in [3.63, 3.8) is 0 Å². The monoisotopic (exact) mass is 114 g/mol. The first kappa shape index (κ1) is 7.66. The van der Waals surface area contributed by atoms with Crippen LogP contribution in [0.15, 0.2) is 12.2 Å². The first-order chi connectivity index (χ1) is 3.81. The standard InChI is InChI=1S/C6H14N2/c1-3-5-6-8(7)4-2/h3,5H,4,6-7H2,1-2H3/b5-3+. The molecule has 2 heteroatoms. The highest BCUT2D eigenvalue weighted by molar-refractivity contribution is 4.78. The molecule has 0 aliphatic carbocycles. The minimum atomic E-state index is 0.854. The summed E-state index contributed by atoms with van der Waals surface area (Å²) in [6.07, 6.45) is 4.03. The summed E-state index contributed by atoms with van der Waals surface area (Å²) in [5, 5.41) is 1.75. The second kappa shape index (κ2) is 4.81. The zero-order valence-corrected chi connectivity index (χ0v) is 5.59. The first-order valence-electron chi connectivity index (χ1n) is 2.92. The van der Waals surface area contributed by atoms with Crippen LogP contribution in [0.1, 0.15) is 13.8 Å². The van der Waals surface area contributed by atoms with Gasteiger partial charge in [0.2, 0.25) is 0 Å². The highest BCUT2D eigenvalue weighted by Gasteiger charge is 1.85. The number of allylic oxidation sites excluding steroid dienone is 1. The molecule has 0 aromatic heterocycles. The van der Waals surface area contributed by atoms with Gasteiger partial charge in [0.05, 0.1) is 0 Å². The van der Waals surface area contributed by atoms with Crippen LogP contribution in [0.25, 0.3) is 0 Å². The van der Waals surface area contributed by atoms with E-state index in [1.165, 1.54) is 0 Å². The number of nitrogens with two attached hydrogens (primary N) is 1. The molecule has 0 radical (unpaired) electrons. The Kier molecular flexibility index (Phi) is 4.61. The molecule has 2 N–H and O–H groups in total. The van der Waals surface area contributed by atoms with E-state index in [4.69, 9.17) is 5.84 Å². The summed E-state index contributed by atoms with van der Waals surface area (Å²) < 4.78 is 0. The van der Waals surface area contributed by atoms with Crippen molar-refractivity contribution >= 4 is 0 Å². The summed E-state index contributed by atoms with van der Waals surface area (Å²) in [5.74, 6) is 5.44. The van der Waals surface area contributed by atoms with Gasteiger partial charge in [0.25, 0.3) is 0 Å². The molecule has 0 heterocycles. The molecule has 0 aliphatic heterocycles. The fraction of sp³-hybridized carbons (Fsp3) is 0.667. The highest BCUT2D eigenvalue weighted by atomic mass is 15.4. The molecule has 48 valence electrons. The molecule has 8 heavy (non-hydrogen) atoms. The van der Waals surface area contributed by atoms with Crippen molar-refractivity contribution in [2.45, 2.75) is 13.8 Å². The summed E-state index contributed by atoms with van der Waals surface area (Å²) in [7, 11) is 0. The van der Waals surface area contributed by atoms with Crippen molar-refractivity contribution in [2.24, 2.45) is 5.84 Å². The molecule has 0 spiro atoms. The van der Waals surface area contributed by atoms with Gasteiger partial charge in [-0.25, -0.2) is 5.01 Å². The molecule has 0 saturated carbocycles. The summed E-state index contributed by atoms with van der Waals surface area (Å²) in [6, 6.07) is 0. The maximum atomic E-state index is 5.44. The van der Waals surface area contributed by atoms with E-state index in [0.717, 1.165) is 13.1 Å². The van der Waals surface area contributed by atoms with Crippen LogP contribution in [0, 0.1) is 0 Å². The van der Waals surface area contributed by atoms with E-state index >= 15 is 0 Å². The van der Waals surface area contributed by atoms with Crippen LogP contribution in [-0.2, 0) is 0 Å². The third-order valence-corrected chi connectivity index (χ3v) is 0.982. The second-order valence-corrected chi connectivity index (χ2v) is 1.66. The maximum absolute atomic E-state index is 5.44. The molecule has 2 nitrogen and oxygen atoms in total. The Balaban J connectivity index is 3.10. The maximum Gasteiger partial charge on any atom is 0.0309 e. The SMILES string of the molecule is C/C=C/CN(N)CC. The van der Waals surface area contributed by atoms with E-state index < -0.39 is 0 Å². The number of hydrazine groups is 1. The topological polar surface area (TPSA) is 29.3 Å². The van der Waals surface area contributed by atoms with Crippen molar-refractivity contribution in [3.05, 3.63) is 12.2 Å². The molecule has 0 aromatic rings. The quantitative estimate of drug-likeness (QED) is 0.333. The number of nitrogens with zero attached hydrogens (tertiary/aromatic N) is 1. The van der Waals surface area contributed by atoms with E-state index in [2.05, 4.69) is 0 Å². The summed E-state index contributed by atoms with van der Waals surface area (Å²) in [5.41, 5.74) is 0. The zero-order chi connectivity index (χ0) is 6.41. The molecule has 0 amide bonds. The van der Waals surface area contributed by atoms with Crippen molar-refractivity contribution in [3.8, 4) is 0 Å². The van der Waals surface area contributed by atoms with E-state index in [0.29, 0.717) is 0 Å². The van der Waals surface area contributed by atoms with Gasteiger partial charge in [0.1, 0.15) is 0 Å². The van der Waals surface area contributed by atoms with E-state index in [-0.39, 0.29) is 0 Å². The van der Waals surface area contributed by atoms with Gasteiger partial charge in [-0.3, -0.25) is 5.84 Å². The van der Waals surface area contributed by atoms with Crippen LogP contribution in [-0.4, -0.2) is 18.1 Å². The van der Waals surface area contributed by atoms with Gasteiger partial charge in [-0.1, -0.05) is 19.1 Å². The highest BCUT2D eigenvalue weighted by Crippen LogP contribution is 1.76. The predicted octanol–water partition coefficient (Wildman–Crippen LogP) is 0.758. The first-order valence-corrected chi connectivity index (χ1v) is 2.92. The molecule has 0 aliphatic rings. The lowest BCUT2D eigenvalue weighted by Gasteiger charge is -2.08. The molecule has 0 fully saturated rings. The fourth-order valence-electron chi connectivity index (χ4n) is 0.370. The van der Waals surface area contributed by atoms with Gasteiger partial charge in [-0.05, 0) is 6.92 Å².